The van der Waals surface area contributed by atoms with E-state index in [0.717, 1.165) is 30.6 Å². The summed E-state index contributed by atoms with van der Waals surface area (Å²) in [6.45, 7) is 5.13. The van der Waals surface area contributed by atoms with Crippen molar-refractivity contribution in [3.8, 4) is 22.6 Å². The van der Waals surface area contributed by atoms with E-state index in [-0.39, 0.29) is 11.3 Å². The van der Waals surface area contributed by atoms with E-state index in [1.165, 1.54) is 50.7 Å². The van der Waals surface area contributed by atoms with Crippen LogP contribution < -0.4 is 9.47 Å². The molecule has 0 N–H and O–H groups in total. The molecule has 4 rings (SSSR count). The van der Waals surface area contributed by atoms with Gasteiger partial charge in [0.2, 0.25) is 0 Å². The number of rotatable bonds is 8. The second-order valence-corrected chi connectivity index (χ2v) is 10.2. The molecule has 0 heterocycles. The third kappa shape index (κ3) is 5.90. The Kier molecular flexibility index (Phi) is 8.44. The Hall–Kier alpha value is -2.17. The maximum atomic E-state index is 15.1. The van der Waals surface area contributed by atoms with Gasteiger partial charge < -0.3 is 9.47 Å². The van der Waals surface area contributed by atoms with E-state index in [4.69, 9.17) is 9.47 Å². The highest BCUT2D eigenvalue weighted by Gasteiger charge is 2.30. The molecule has 186 valence electrons. The normalized spacial score (nSPS) is 25.4. The molecule has 0 aliphatic heterocycles. The van der Waals surface area contributed by atoms with Crippen LogP contribution in [0.1, 0.15) is 77.2 Å². The lowest BCUT2D eigenvalue weighted by Crippen LogP contribution is -2.27. The summed E-state index contributed by atoms with van der Waals surface area (Å²) in [6, 6.07) is 9.80. The molecule has 2 aliphatic carbocycles. The fourth-order valence-electron chi connectivity index (χ4n) is 5.84. The van der Waals surface area contributed by atoms with Crippen LogP contribution in [0, 0.1) is 29.5 Å². The first kappa shape index (κ1) is 24.9. The number of benzene rings is 2. The summed E-state index contributed by atoms with van der Waals surface area (Å²) in [6.07, 6.45) is 7.04. The second-order valence-electron chi connectivity index (χ2n) is 10.2. The van der Waals surface area contributed by atoms with Gasteiger partial charge in [-0.1, -0.05) is 31.9 Å². The van der Waals surface area contributed by atoms with E-state index in [9.17, 15) is 8.78 Å². The zero-order valence-corrected chi connectivity index (χ0v) is 20.4. The van der Waals surface area contributed by atoms with Gasteiger partial charge in [0.25, 0.3) is 6.43 Å². The smallest absolute Gasteiger partial charge is 0.267 e. The highest BCUT2D eigenvalue weighted by Crippen LogP contribution is 2.42. The van der Waals surface area contributed by atoms with Crippen LogP contribution in [0.4, 0.5) is 13.2 Å². The Morgan fingerprint density at radius 3 is 2.03 bits per heavy atom. The Labute approximate surface area is 201 Å². The van der Waals surface area contributed by atoms with Crippen molar-refractivity contribution in [1.82, 2.24) is 0 Å². The van der Waals surface area contributed by atoms with Gasteiger partial charge in [-0.05, 0) is 105 Å². The van der Waals surface area contributed by atoms with Crippen LogP contribution in [-0.2, 0) is 0 Å². The van der Waals surface area contributed by atoms with Crippen LogP contribution in [0.25, 0.3) is 11.1 Å². The first-order valence-corrected chi connectivity index (χ1v) is 12.9. The van der Waals surface area contributed by atoms with Gasteiger partial charge >= 0.3 is 0 Å². The lowest BCUT2D eigenvalue weighted by Gasteiger charge is -2.37. The lowest BCUT2D eigenvalue weighted by molar-refractivity contribution is 0.122. The third-order valence-corrected chi connectivity index (χ3v) is 7.93. The van der Waals surface area contributed by atoms with Crippen LogP contribution in [0.5, 0.6) is 11.5 Å². The fraction of sp³-hybridized carbons (Fsp3) is 0.586. The van der Waals surface area contributed by atoms with Crippen LogP contribution in [0.2, 0.25) is 0 Å². The standard InChI is InChI=1S/C29H37F3O2/c1-3-33-24-14-12-23(13-15-24)25-16-17-26(28(30)27(25)29(31)32)34-18-20-6-10-22(11-7-20)21-8-4-19(2)5-9-21/h12-17,19-22,29H,3-11,18H2,1-2H3. The SMILES string of the molecule is CCOc1ccc(-c2ccc(OCC3CCC(C4CCC(C)CC4)CC3)c(F)c2C(F)F)cc1. The molecule has 0 atom stereocenters. The Morgan fingerprint density at radius 2 is 1.44 bits per heavy atom. The number of halogens is 3. The van der Waals surface area contributed by atoms with Crippen LogP contribution >= 0.6 is 0 Å². The Bertz CT molecular complexity index is 912. The Balaban J connectivity index is 1.38. The fourth-order valence-corrected chi connectivity index (χ4v) is 5.84. The van der Waals surface area contributed by atoms with Gasteiger partial charge in [-0.25, -0.2) is 13.2 Å². The molecule has 0 spiro atoms. The van der Waals surface area contributed by atoms with Crippen molar-refractivity contribution in [2.45, 2.75) is 71.6 Å². The average Bonchev–Trinajstić information content (AvgIpc) is 2.84. The summed E-state index contributed by atoms with van der Waals surface area (Å²) in [5.74, 6) is 2.52. The molecular formula is C29H37F3O2. The van der Waals surface area contributed by atoms with E-state index in [1.807, 2.05) is 6.92 Å². The minimum Gasteiger partial charge on any atom is -0.494 e. The average molecular weight is 475 g/mol. The predicted molar refractivity (Wildman–Crippen MR) is 130 cm³/mol. The molecule has 2 aromatic carbocycles. The van der Waals surface area contributed by atoms with Gasteiger partial charge in [-0.2, -0.15) is 0 Å². The third-order valence-electron chi connectivity index (χ3n) is 7.93. The molecule has 0 radical (unpaired) electrons. The molecule has 2 nitrogen and oxygen atoms in total. The van der Waals surface area contributed by atoms with Crippen molar-refractivity contribution in [1.29, 1.82) is 0 Å². The van der Waals surface area contributed by atoms with Gasteiger partial charge in [0.1, 0.15) is 5.75 Å². The lowest BCUT2D eigenvalue weighted by atomic mass is 9.69. The highest BCUT2D eigenvalue weighted by molar-refractivity contribution is 5.69. The van der Waals surface area contributed by atoms with Gasteiger partial charge in [0, 0.05) is 0 Å². The van der Waals surface area contributed by atoms with E-state index >= 15 is 4.39 Å². The van der Waals surface area contributed by atoms with Crippen molar-refractivity contribution < 1.29 is 22.6 Å². The molecule has 5 heteroatoms. The monoisotopic (exact) mass is 474 g/mol. The van der Waals surface area contributed by atoms with Gasteiger partial charge in [-0.3, -0.25) is 0 Å². The number of hydrogen-bond donors (Lipinski definition) is 0. The van der Waals surface area contributed by atoms with E-state index in [2.05, 4.69) is 6.92 Å². The van der Waals surface area contributed by atoms with E-state index in [1.54, 1.807) is 24.3 Å². The highest BCUT2D eigenvalue weighted by atomic mass is 19.3. The van der Waals surface area contributed by atoms with Crippen LogP contribution in [0.3, 0.4) is 0 Å². The maximum absolute atomic E-state index is 15.1. The van der Waals surface area contributed by atoms with Crippen LogP contribution in [-0.4, -0.2) is 13.2 Å². The molecule has 2 fully saturated rings. The summed E-state index contributed by atoms with van der Waals surface area (Å²) in [7, 11) is 0. The van der Waals surface area contributed by atoms with Crippen molar-refractivity contribution in [3.05, 3.63) is 47.8 Å². The quantitative estimate of drug-likeness (QED) is 0.380. The molecule has 34 heavy (non-hydrogen) atoms. The molecule has 2 aromatic rings. The van der Waals surface area contributed by atoms with E-state index in [0.29, 0.717) is 30.4 Å². The molecule has 0 aromatic heterocycles. The first-order chi connectivity index (χ1) is 16.5. The number of hydrogen-bond acceptors (Lipinski definition) is 2. The van der Waals surface area contributed by atoms with Crippen molar-refractivity contribution in [2.24, 2.45) is 23.7 Å². The van der Waals surface area contributed by atoms with Gasteiger partial charge in [-0.15, -0.1) is 0 Å². The summed E-state index contributed by atoms with van der Waals surface area (Å²) >= 11 is 0. The van der Waals surface area contributed by atoms with Crippen molar-refractivity contribution in [2.75, 3.05) is 13.2 Å². The minimum absolute atomic E-state index is 0.0756. The topological polar surface area (TPSA) is 18.5 Å². The summed E-state index contributed by atoms with van der Waals surface area (Å²) in [5.41, 5.74) is 0.113. The van der Waals surface area contributed by atoms with Crippen LogP contribution in [0.15, 0.2) is 36.4 Å². The van der Waals surface area contributed by atoms with E-state index < -0.39 is 17.8 Å². The molecule has 2 aliphatic rings. The largest absolute Gasteiger partial charge is 0.494 e. The van der Waals surface area contributed by atoms with Crippen molar-refractivity contribution in [3.63, 3.8) is 0 Å². The molecule has 2 saturated carbocycles. The van der Waals surface area contributed by atoms with Gasteiger partial charge in [0.05, 0.1) is 18.8 Å². The summed E-state index contributed by atoms with van der Waals surface area (Å²) in [4.78, 5) is 0. The molecule has 0 unspecified atom stereocenters. The maximum Gasteiger partial charge on any atom is 0.267 e. The predicted octanol–water partition coefficient (Wildman–Crippen LogP) is 8.84. The number of ether oxygens (including phenoxy) is 2. The molecule has 0 amide bonds. The van der Waals surface area contributed by atoms with Crippen molar-refractivity contribution >= 4 is 0 Å². The number of alkyl halides is 2. The zero-order valence-electron chi connectivity index (χ0n) is 20.4. The second kappa shape index (κ2) is 11.5. The first-order valence-electron chi connectivity index (χ1n) is 12.9. The Morgan fingerprint density at radius 1 is 0.824 bits per heavy atom. The molecule has 0 saturated heterocycles. The summed E-state index contributed by atoms with van der Waals surface area (Å²) < 4.78 is 54.1. The molecular weight excluding hydrogens is 437 g/mol. The minimum atomic E-state index is -2.93. The zero-order chi connectivity index (χ0) is 24.1. The van der Waals surface area contributed by atoms with Gasteiger partial charge in [0.15, 0.2) is 11.6 Å². The summed E-state index contributed by atoms with van der Waals surface area (Å²) in [5, 5.41) is 0. The molecule has 0 bridgehead atoms.